The van der Waals surface area contributed by atoms with Crippen molar-refractivity contribution >= 4 is 92.1 Å². The minimum absolute atomic E-state index is 0.00981. The topological polar surface area (TPSA) is 480 Å². The van der Waals surface area contributed by atoms with Crippen LogP contribution in [-0.4, -0.2) is 268 Å². The van der Waals surface area contributed by atoms with Gasteiger partial charge < -0.3 is 67.3 Å². The van der Waals surface area contributed by atoms with Gasteiger partial charge in [-0.3, -0.25) is 77.0 Å². The third-order valence-electron chi connectivity index (χ3n) is 14.7. The van der Waals surface area contributed by atoms with E-state index in [4.69, 9.17) is 4.74 Å². The Morgan fingerprint density at radius 1 is 0.585 bits per heavy atom. The van der Waals surface area contributed by atoms with Crippen molar-refractivity contribution in [2.45, 2.75) is 88.4 Å². The van der Waals surface area contributed by atoms with E-state index in [0.717, 1.165) is 17.8 Å². The van der Waals surface area contributed by atoms with Crippen molar-refractivity contribution in [2.24, 2.45) is 0 Å². The largest absolute Gasteiger partial charge is 0.494 e. The first-order chi connectivity index (χ1) is 44.6. The lowest BCUT2D eigenvalue weighted by Gasteiger charge is -2.33. The number of carboxylic acid groups (broad SMARTS) is 6. The van der Waals surface area contributed by atoms with Crippen molar-refractivity contribution in [2.75, 3.05) is 117 Å². The Kier molecular flexibility index (Phi) is 30.4. The first-order valence-electron chi connectivity index (χ1n) is 30.2. The number of aryl methyl sites for hydroxylation is 3. The van der Waals surface area contributed by atoms with Crippen LogP contribution in [0.3, 0.4) is 0 Å². The molecule has 2 aromatic heterocycles. The zero-order chi connectivity index (χ0) is 68.9. The van der Waals surface area contributed by atoms with Crippen LogP contribution in [0.25, 0.3) is 10.9 Å². The maximum Gasteiger partial charge on any atom is 0.323 e. The Morgan fingerprint density at radius 3 is 1.67 bits per heavy atom. The summed E-state index contributed by atoms with van der Waals surface area (Å²) in [5, 5.41) is 78.3. The highest BCUT2D eigenvalue weighted by Gasteiger charge is 2.31. The molecule has 2 aromatic carbocycles. The summed E-state index contributed by atoms with van der Waals surface area (Å²) in [6, 6.07) is 8.43. The molecule has 3 atom stereocenters. The Hall–Kier alpha value is -9.42. The molecule has 0 aliphatic carbocycles. The highest BCUT2D eigenvalue weighted by molar-refractivity contribution is 7.89. The summed E-state index contributed by atoms with van der Waals surface area (Å²) in [5.41, 5.74) is 1.39. The first-order valence-corrected chi connectivity index (χ1v) is 31.6. The van der Waals surface area contributed by atoms with Crippen LogP contribution in [0.1, 0.15) is 66.4 Å². The predicted octanol–water partition coefficient (Wildman–Crippen LogP) is -1.72. The molecule has 0 bridgehead atoms. The van der Waals surface area contributed by atoms with Gasteiger partial charge in [0.2, 0.25) is 33.7 Å². The van der Waals surface area contributed by atoms with Crippen LogP contribution in [-0.2, 0) is 64.5 Å². The van der Waals surface area contributed by atoms with E-state index in [1.54, 1.807) is 45.1 Å². The number of fused-ring (bicyclic) bond motifs is 1. The number of aromatic nitrogens is 3. The second kappa shape index (κ2) is 37.9. The van der Waals surface area contributed by atoms with Crippen LogP contribution in [0.4, 0.5) is 5.82 Å². The molecule has 3 heterocycles. The van der Waals surface area contributed by atoms with Crippen molar-refractivity contribution in [3.05, 3.63) is 77.6 Å². The van der Waals surface area contributed by atoms with E-state index in [9.17, 15) is 91.8 Å². The summed E-state index contributed by atoms with van der Waals surface area (Å²) < 4.78 is 37.2. The quantitative estimate of drug-likeness (QED) is 0.0222. The molecule has 4 aromatic rings. The Balaban J connectivity index is 1.08. The molecule has 1 aliphatic rings. The fraction of sp³-hybridized carbons (Fsp3) is 0.508. The van der Waals surface area contributed by atoms with Gasteiger partial charge in [-0.15, -0.1) is 0 Å². The maximum absolute atomic E-state index is 13.7. The van der Waals surface area contributed by atoms with Crippen molar-refractivity contribution < 1.29 is 96.5 Å². The van der Waals surface area contributed by atoms with Crippen LogP contribution in [0.15, 0.2) is 65.8 Å². The molecular weight excluding hydrogens is 1260 g/mol. The van der Waals surface area contributed by atoms with Crippen molar-refractivity contribution in [3.8, 4) is 5.75 Å². The highest BCUT2D eigenvalue weighted by Crippen LogP contribution is 2.27. The fourth-order valence-corrected chi connectivity index (χ4v) is 11.7. The van der Waals surface area contributed by atoms with Crippen molar-refractivity contribution in [3.63, 3.8) is 0 Å². The molecule has 0 radical (unpaired) electrons. The van der Waals surface area contributed by atoms with Gasteiger partial charge in [-0.25, -0.2) is 13.4 Å². The zero-order valence-electron chi connectivity index (χ0n) is 52.1. The van der Waals surface area contributed by atoms with E-state index in [-0.39, 0.29) is 119 Å². The number of nitrogens with zero attached hydrogens (tertiary/aromatic N) is 7. The molecular formula is C59H82N14O20S. The average molecular weight is 1340 g/mol. The average Bonchev–Trinajstić information content (AvgIpc) is 0.995. The third kappa shape index (κ3) is 26.7. The number of carbonyl (C=O) groups is 11. The molecule has 13 N–H and O–H groups in total. The Morgan fingerprint density at radius 2 is 1.14 bits per heavy atom. The summed E-state index contributed by atoms with van der Waals surface area (Å²) in [6.45, 7) is 2.28. The lowest BCUT2D eigenvalue weighted by molar-refractivity contribution is -0.140. The molecule has 1 saturated heterocycles. The SMILES string of the molecule is Cc1cc(OCCCC(=O)NCCNC(=O)[C@H](CCC(=O)O)NC(=O)[C@H](CCC(=O)O)NC(=O)CN2CCN(CC(=O)O)CCN(CC(=O)O)CCN(CC(=O)O)CC2)cc(C)c1S(=O)(=O)N[C@@H](CNC(=O)c1ccc2c(cnn2CCCNc2ccccn2)c1)C(=O)O. The first kappa shape index (κ1) is 75.3. The zero-order valence-corrected chi connectivity index (χ0v) is 52.9. The highest BCUT2D eigenvalue weighted by atomic mass is 32.2. The molecule has 34 nitrogen and oxygen atoms in total. The molecule has 94 heavy (non-hydrogen) atoms. The summed E-state index contributed by atoms with van der Waals surface area (Å²) >= 11 is 0. The molecule has 1 fully saturated rings. The van der Waals surface area contributed by atoms with E-state index < -0.39 is 145 Å². The van der Waals surface area contributed by atoms with Gasteiger partial charge in [-0.1, -0.05) is 6.07 Å². The second-order valence-electron chi connectivity index (χ2n) is 22.2. The number of anilines is 1. The van der Waals surface area contributed by atoms with Gasteiger partial charge in [0, 0.05) is 121 Å². The number of carbonyl (C=O) groups excluding carboxylic acids is 5. The Bertz CT molecular complexity index is 3360. The summed E-state index contributed by atoms with van der Waals surface area (Å²) in [4.78, 5) is 148. The number of benzene rings is 2. The number of rotatable bonds is 38. The van der Waals surface area contributed by atoms with Crippen LogP contribution >= 0.6 is 0 Å². The van der Waals surface area contributed by atoms with Crippen molar-refractivity contribution in [1.82, 2.24) is 65.7 Å². The lowest BCUT2D eigenvalue weighted by atomic mass is 10.1. The minimum Gasteiger partial charge on any atom is -0.494 e. The summed E-state index contributed by atoms with van der Waals surface area (Å²) in [7, 11) is -4.49. The monoisotopic (exact) mass is 1340 g/mol. The van der Waals surface area contributed by atoms with Crippen LogP contribution in [0.2, 0.25) is 0 Å². The third-order valence-corrected chi connectivity index (χ3v) is 16.5. The number of ether oxygens (including phenoxy) is 1. The second-order valence-corrected chi connectivity index (χ2v) is 23.8. The van der Waals surface area contributed by atoms with Crippen LogP contribution in [0.5, 0.6) is 5.75 Å². The molecule has 0 saturated carbocycles. The molecule has 5 amide bonds. The van der Waals surface area contributed by atoms with E-state index >= 15 is 0 Å². The van der Waals surface area contributed by atoms with Gasteiger partial charge >= 0.3 is 35.8 Å². The van der Waals surface area contributed by atoms with Crippen molar-refractivity contribution in [1.29, 1.82) is 0 Å². The number of sulfonamides is 1. The van der Waals surface area contributed by atoms with E-state index in [1.165, 1.54) is 35.8 Å². The van der Waals surface area contributed by atoms with Gasteiger partial charge in [-0.05, 0) is 93.1 Å². The normalized spacial score (nSPS) is 14.8. The van der Waals surface area contributed by atoms with Gasteiger partial charge in [0.1, 0.15) is 29.7 Å². The van der Waals surface area contributed by atoms with Gasteiger partial charge in [0.05, 0.1) is 49.4 Å². The standard InChI is InChI=1S/C59H82N14O20S/c1-38-29-42(30-39(2)55(38)94(91,92)68-45(59(89)90)33-64-56(86)40-9-12-46-41(31-40)32-65-73(46)19-6-16-61-47-7-3-4-15-60-47)93-28-5-8-48(74)62-17-18-63-57(87)43(10-13-50(76)77)67-58(88)44(11-14-51(78)79)66-49(75)34-69-20-22-70(35-52(80)81)24-26-72(37-54(84)85)27-25-71(23-21-69)36-53(82)83/h3-4,7,9,12,15,29-32,43-45,68H,5-6,8,10-11,13-14,16-28,33-37H2,1-2H3,(H,60,61)(H,62,74)(H,63,87)(H,64,86)(H,66,75)(H,67,88)(H,76,77)(H,78,79)(H,80,81)(H,82,83)(H,84,85)(H,89,90)/t43-,44-,45-/m0/s1. The minimum atomic E-state index is -4.49. The Labute approximate surface area is 540 Å². The lowest BCUT2D eigenvalue weighted by Crippen LogP contribution is -2.55. The molecule has 514 valence electrons. The van der Waals surface area contributed by atoms with Gasteiger partial charge in [0.15, 0.2) is 0 Å². The smallest absolute Gasteiger partial charge is 0.323 e. The fourth-order valence-electron chi connectivity index (χ4n) is 10.1. The van der Waals surface area contributed by atoms with E-state index in [1.807, 2.05) is 18.2 Å². The summed E-state index contributed by atoms with van der Waals surface area (Å²) in [5.74, 6) is -10.5. The number of carboxylic acids is 6. The van der Waals surface area contributed by atoms with E-state index in [2.05, 4.69) is 46.7 Å². The van der Waals surface area contributed by atoms with Gasteiger partial charge in [-0.2, -0.15) is 9.82 Å². The number of aliphatic carboxylic acids is 6. The predicted molar refractivity (Wildman–Crippen MR) is 334 cm³/mol. The number of hydrogen-bond donors (Lipinski definition) is 13. The molecule has 0 spiro atoms. The molecule has 0 unspecified atom stereocenters. The van der Waals surface area contributed by atoms with Crippen LogP contribution in [0, 0.1) is 13.8 Å². The number of nitrogens with one attached hydrogen (secondary N) is 7. The molecule has 35 heteroatoms. The van der Waals surface area contributed by atoms with Crippen LogP contribution < -0.4 is 41.4 Å². The molecule has 1 aliphatic heterocycles. The van der Waals surface area contributed by atoms with E-state index in [0.29, 0.717) is 18.5 Å². The number of pyridine rings is 1. The van der Waals surface area contributed by atoms with Gasteiger partial charge in [0.25, 0.3) is 5.91 Å². The number of hydrogen-bond acceptors (Lipinski definition) is 21. The summed E-state index contributed by atoms with van der Waals surface area (Å²) in [6.07, 6.45) is 1.99. The molecule has 5 rings (SSSR count). The maximum atomic E-state index is 13.7. The number of amides is 5.